The molecule has 0 radical (unpaired) electrons. The highest BCUT2D eigenvalue weighted by atomic mass is 19.4. The molecule has 0 aliphatic carbocycles. The fourth-order valence-corrected chi connectivity index (χ4v) is 2.29. The number of benzene rings is 1. The molecule has 1 aromatic rings. The van der Waals surface area contributed by atoms with Crippen molar-refractivity contribution in [3.05, 3.63) is 35.4 Å². The number of halogens is 3. The van der Waals surface area contributed by atoms with E-state index in [1.54, 1.807) is 0 Å². The third-order valence-corrected chi connectivity index (χ3v) is 3.42. The van der Waals surface area contributed by atoms with Gasteiger partial charge in [-0.05, 0) is 24.0 Å². The first-order valence-electron chi connectivity index (χ1n) is 7.46. The maximum atomic E-state index is 13.0. The fourth-order valence-electron chi connectivity index (χ4n) is 2.29. The Morgan fingerprint density at radius 2 is 1.83 bits per heavy atom. The number of hydrogen-bond acceptors (Lipinski definition) is 3. The number of carboxylic acid groups (broad SMARTS) is 1. The summed E-state index contributed by atoms with van der Waals surface area (Å²) in [5.74, 6) is -1.99. The summed E-state index contributed by atoms with van der Waals surface area (Å²) in [7, 11) is 0. The monoisotopic (exact) mass is 346 g/mol. The van der Waals surface area contributed by atoms with Gasteiger partial charge in [-0.2, -0.15) is 13.2 Å². The van der Waals surface area contributed by atoms with Crippen LogP contribution in [0.2, 0.25) is 0 Å². The number of rotatable bonds is 7. The second kappa shape index (κ2) is 8.14. The van der Waals surface area contributed by atoms with E-state index in [2.05, 4.69) is 5.32 Å². The lowest BCUT2D eigenvalue weighted by atomic mass is 9.99. The molecular formula is C16H21F3N2O3. The van der Waals surface area contributed by atoms with E-state index < -0.39 is 42.1 Å². The lowest BCUT2D eigenvalue weighted by molar-refractivity contribution is -0.143. The molecule has 0 fully saturated rings. The number of nitrogens with one attached hydrogen (secondary N) is 1. The molecule has 0 heterocycles. The van der Waals surface area contributed by atoms with E-state index in [4.69, 9.17) is 5.73 Å². The summed E-state index contributed by atoms with van der Waals surface area (Å²) in [6, 6.07) is 2.28. The smallest absolute Gasteiger partial charge is 0.416 e. The van der Waals surface area contributed by atoms with Crippen LogP contribution in [0.15, 0.2) is 24.3 Å². The first-order chi connectivity index (χ1) is 11.0. The van der Waals surface area contributed by atoms with Crippen molar-refractivity contribution in [1.82, 2.24) is 5.32 Å². The van der Waals surface area contributed by atoms with Gasteiger partial charge in [0.05, 0.1) is 11.6 Å². The van der Waals surface area contributed by atoms with Crippen molar-refractivity contribution in [3.63, 3.8) is 0 Å². The molecule has 0 saturated heterocycles. The van der Waals surface area contributed by atoms with Gasteiger partial charge in [-0.1, -0.05) is 32.0 Å². The molecule has 1 rings (SSSR count). The maximum absolute atomic E-state index is 13.0. The zero-order valence-corrected chi connectivity index (χ0v) is 13.4. The third-order valence-electron chi connectivity index (χ3n) is 3.42. The van der Waals surface area contributed by atoms with Gasteiger partial charge in [0, 0.05) is 6.42 Å². The molecule has 0 unspecified atom stereocenters. The number of alkyl halides is 3. The van der Waals surface area contributed by atoms with Crippen LogP contribution in [0.5, 0.6) is 0 Å². The molecule has 0 aromatic heterocycles. The molecule has 1 amide bonds. The van der Waals surface area contributed by atoms with Gasteiger partial charge in [-0.15, -0.1) is 0 Å². The molecule has 134 valence electrons. The van der Waals surface area contributed by atoms with E-state index in [0.29, 0.717) is 6.42 Å². The van der Waals surface area contributed by atoms with Crippen molar-refractivity contribution in [1.29, 1.82) is 0 Å². The van der Waals surface area contributed by atoms with Crippen molar-refractivity contribution in [2.45, 2.75) is 44.9 Å². The van der Waals surface area contributed by atoms with Gasteiger partial charge in [0.2, 0.25) is 5.91 Å². The van der Waals surface area contributed by atoms with Crippen molar-refractivity contribution < 1.29 is 27.9 Å². The first kappa shape index (κ1) is 20.0. The third kappa shape index (κ3) is 5.84. The molecule has 0 saturated carbocycles. The highest BCUT2D eigenvalue weighted by Crippen LogP contribution is 2.32. The summed E-state index contributed by atoms with van der Waals surface area (Å²) in [5.41, 5.74) is 4.56. The van der Waals surface area contributed by atoms with E-state index in [-0.39, 0.29) is 11.5 Å². The number of carbonyl (C=O) groups is 2. The number of amides is 1. The maximum Gasteiger partial charge on any atom is 0.416 e. The predicted octanol–water partition coefficient (Wildman–Crippen LogP) is 2.19. The molecule has 4 N–H and O–H groups in total. The first-order valence-corrected chi connectivity index (χ1v) is 7.46. The van der Waals surface area contributed by atoms with Crippen LogP contribution in [0.25, 0.3) is 0 Å². The number of hydrogen-bond donors (Lipinski definition) is 3. The van der Waals surface area contributed by atoms with E-state index in [0.717, 1.165) is 6.07 Å². The molecule has 1 aromatic carbocycles. The van der Waals surface area contributed by atoms with Crippen LogP contribution < -0.4 is 11.1 Å². The summed E-state index contributed by atoms with van der Waals surface area (Å²) in [6.45, 7) is 3.70. The van der Waals surface area contributed by atoms with Crippen LogP contribution in [-0.4, -0.2) is 29.1 Å². The summed E-state index contributed by atoms with van der Waals surface area (Å²) in [4.78, 5) is 23.3. The number of aliphatic carboxylic acids is 1. The molecule has 8 heteroatoms. The highest BCUT2D eigenvalue weighted by molar-refractivity contribution is 5.86. The summed E-state index contributed by atoms with van der Waals surface area (Å²) in [6.07, 6.45) is -4.74. The van der Waals surface area contributed by atoms with Gasteiger partial charge in [0.1, 0.15) is 6.04 Å². The topological polar surface area (TPSA) is 92.4 Å². The van der Waals surface area contributed by atoms with Crippen LogP contribution in [-0.2, 0) is 22.2 Å². The van der Waals surface area contributed by atoms with Crippen LogP contribution in [0.3, 0.4) is 0 Å². The Morgan fingerprint density at radius 1 is 1.25 bits per heavy atom. The predicted molar refractivity (Wildman–Crippen MR) is 82.1 cm³/mol. The zero-order valence-electron chi connectivity index (χ0n) is 13.4. The minimum absolute atomic E-state index is 0.125. The van der Waals surface area contributed by atoms with Gasteiger partial charge in [-0.25, -0.2) is 4.79 Å². The van der Waals surface area contributed by atoms with E-state index in [1.165, 1.54) is 18.2 Å². The largest absolute Gasteiger partial charge is 0.480 e. The van der Waals surface area contributed by atoms with Crippen LogP contribution in [0.4, 0.5) is 13.2 Å². The number of nitrogens with two attached hydrogens (primary N) is 1. The quantitative estimate of drug-likeness (QED) is 0.706. The van der Waals surface area contributed by atoms with Crippen molar-refractivity contribution in [2.24, 2.45) is 11.7 Å². The van der Waals surface area contributed by atoms with Gasteiger partial charge < -0.3 is 16.2 Å². The average Bonchev–Trinajstić information content (AvgIpc) is 2.45. The number of carbonyl (C=O) groups excluding carboxylic acids is 1. The molecule has 24 heavy (non-hydrogen) atoms. The Labute approximate surface area is 138 Å². The zero-order chi connectivity index (χ0) is 18.5. The van der Waals surface area contributed by atoms with E-state index >= 15 is 0 Å². The van der Waals surface area contributed by atoms with Crippen LogP contribution in [0, 0.1) is 5.92 Å². The Hall–Kier alpha value is -2.09. The standard InChI is InChI=1S/C16H21F3N2O3/c1-9(2)7-12(20)14(22)21-13(15(23)24)8-10-5-3-4-6-11(10)16(17,18)19/h3-6,9,12-13H,7-8,20H2,1-2H3,(H,21,22)(H,23,24)/t12-,13+/m0/s1. The molecular weight excluding hydrogens is 325 g/mol. The molecule has 0 aliphatic rings. The molecule has 5 nitrogen and oxygen atoms in total. The van der Waals surface area contributed by atoms with Crippen LogP contribution >= 0.6 is 0 Å². The minimum Gasteiger partial charge on any atom is -0.480 e. The highest BCUT2D eigenvalue weighted by Gasteiger charge is 2.34. The normalized spacial score (nSPS) is 14.3. The van der Waals surface area contributed by atoms with Gasteiger partial charge in [0.15, 0.2) is 0 Å². The minimum atomic E-state index is -4.60. The van der Waals surface area contributed by atoms with Crippen molar-refractivity contribution >= 4 is 11.9 Å². The van der Waals surface area contributed by atoms with Gasteiger partial charge in [-0.3, -0.25) is 4.79 Å². The molecule has 2 atom stereocenters. The van der Waals surface area contributed by atoms with Crippen molar-refractivity contribution in [3.8, 4) is 0 Å². The van der Waals surface area contributed by atoms with Crippen molar-refractivity contribution in [2.75, 3.05) is 0 Å². The Bertz CT molecular complexity index is 588. The average molecular weight is 346 g/mol. The summed E-state index contributed by atoms with van der Waals surface area (Å²) in [5, 5.41) is 11.4. The SMILES string of the molecule is CC(C)C[C@H](N)C(=O)N[C@H](Cc1ccccc1C(F)(F)F)C(=O)O. The summed E-state index contributed by atoms with van der Waals surface area (Å²) >= 11 is 0. The lowest BCUT2D eigenvalue weighted by Gasteiger charge is -2.20. The second-order valence-electron chi connectivity index (χ2n) is 5.99. The Morgan fingerprint density at radius 3 is 2.33 bits per heavy atom. The fraction of sp³-hybridized carbons (Fsp3) is 0.500. The Kier molecular flexibility index (Phi) is 6.77. The summed E-state index contributed by atoms with van der Waals surface area (Å²) < 4.78 is 38.9. The molecule has 0 bridgehead atoms. The lowest BCUT2D eigenvalue weighted by Crippen LogP contribution is -2.49. The molecule has 0 spiro atoms. The van der Waals surface area contributed by atoms with E-state index in [1.807, 2.05) is 13.8 Å². The van der Waals surface area contributed by atoms with Gasteiger partial charge in [0.25, 0.3) is 0 Å². The second-order valence-corrected chi connectivity index (χ2v) is 5.99. The van der Waals surface area contributed by atoms with Crippen LogP contribution in [0.1, 0.15) is 31.4 Å². The Balaban J connectivity index is 2.93. The number of carboxylic acids is 1. The van der Waals surface area contributed by atoms with Gasteiger partial charge >= 0.3 is 12.1 Å². The van der Waals surface area contributed by atoms with E-state index in [9.17, 15) is 27.9 Å². The molecule has 0 aliphatic heterocycles.